The molecule has 0 spiro atoms. The smallest absolute Gasteiger partial charge is 0.251 e. The Morgan fingerprint density at radius 3 is 2.62 bits per heavy atom. The maximum absolute atomic E-state index is 12.2. The summed E-state index contributed by atoms with van der Waals surface area (Å²) in [4.78, 5) is 12.2. The number of ether oxygens (including phenoxy) is 1. The van der Waals surface area contributed by atoms with Gasteiger partial charge in [0, 0.05) is 12.1 Å². The van der Waals surface area contributed by atoms with Gasteiger partial charge < -0.3 is 20.9 Å². The van der Waals surface area contributed by atoms with E-state index in [0.29, 0.717) is 23.5 Å². The number of aliphatic hydroxyl groups is 1. The molecule has 0 bridgehead atoms. The van der Waals surface area contributed by atoms with Crippen LogP contribution in [0.15, 0.2) is 18.2 Å². The number of carbonyl (C=O) groups is 1. The second kappa shape index (κ2) is 6.80. The molecule has 2 rings (SSSR count). The minimum absolute atomic E-state index is 0.217. The first-order valence-corrected chi connectivity index (χ1v) is 7.48. The first-order valence-electron chi connectivity index (χ1n) is 7.48. The molecule has 0 heterocycles. The molecule has 0 saturated heterocycles. The van der Waals surface area contributed by atoms with Crippen molar-refractivity contribution in [1.82, 2.24) is 5.32 Å². The van der Waals surface area contributed by atoms with Crippen LogP contribution in [0.2, 0.25) is 0 Å². The van der Waals surface area contributed by atoms with Gasteiger partial charge >= 0.3 is 0 Å². The Kier molecular flexibility index (Phi) is 5.07. The molecule has 1 amide bonds. The Labute approximate surface area is 125 Å². The predicted octanol–water partition coefficient (Wildman–Crippen LogP) is 2.09. The topological polar surface area (TPSA) is 84.6 Å². The molecule has 1 aliphatic carbocycles. The van der Waals surface area contributed by atoms with E-state index in [1.807, 2.05) is 0 Å². The van der Waals surface area contributed by atoms with Gasteiger partial charge in [-0.3, -0.25) is 4.79 Å². The van der Waals surface area contributed by atoms with Gasteiger partial charge in [-0.1, -0.05) is 25.7 Å². The number of anilines is 1. The number of benzene rings is 1. The number of methoxy groups -OCH3 is 1. The Hall–Kier alpha value is -1.75. The molecule has 116 valence electrons. The molecular formula is C16H24N2O3. The van der Waals surface area contributed by atoms with Crippen molar-refractivity contribution < 1.29 is 14.6 Å². The lowest BCUT2D eigenvalue weighted by Gasteiger charge is -2.26. The van der Waals surface area contributed by atoms with Crippen LogP contribution in [-0.4, -0.2) is 30.3 Å². The van der Waals surface area contributed by atoms with Gasteiger partial charge in [-0.25, -0.2) is 0 Å². The molecule has 21 heavy (non-hydrogen) atoms. The van der Waals surface area contributed by atoms with Gasteiger partial charge in [-0.2, -0.15) is 0 Å². The zero-order chi connectivity index (χ0) is 15.3. The summed E-state index contributed by atoms with van der Waals surface area (Å²) < 4.78 is 5.11. The Morgan fingerprint density at radius 2 is 2.00 bits per heavy atom. The summed E-state index contributed by atoms with van der Waals surface area (Å²) in [5, 5.41) is 13.4. The third kappa shape index (κ3) is 4.11. The van der Waals surface area contributed by atoms with Crippen LogP contribution < -0.4 is 15.8 Å². The van der Waals surface area contributed by atoms with E-state index in [0.717, 1.165) is 38.5 Å². The third-order valence-corrected chi connectivity index (χ3v) is 4.11. The van der Waals surface area contributed by atoms with Crippen molar-refractivity contribution in [3.8, 4) is 5.75 Å². The van der Waals surface area contributed by atoms with Gasteiger partial charge in [0.2, 0.25) is 0 Å². The SMILES string of the molecule is COc1cc(C(=O)NCC2(O)CCCCCC2)ccc1N. The summed E-state index contributed by atoms with van der Waals surface area (Å²) in [6.45, 7) is 0.290. The average Bonchev–Trinajstić information content (AvgIpc) is 2.70. The van der Waals surface area contributed by atoms with Crippen LogP contribution in [0.4, 0.5) is 5.69 Å². The fraction of sp³-hybridized carbons (Fsp3) is 0.562. The molecule has 4 N–H and O–H groups in total. The van der Waals surface area contributed by atoms with E-state index >= 15 is 0 Å². The van der Waals surface area contributed by atoms with Crippen molar-refractivity contribution in [2.45, 2.75) is 44.1 Å². The maximum atomic E-state index is 12.2. The molecule has 0 aliphatic heterocycles. The van der Waals surface area contributed by atoms with Crippen LogP contribution >= 0.6 is 0 Å². The van der Waals surface area contributed by atoms with Gasteiger partial charge in [0.15, 0.2) is 0 Å². The van der Waals surface area contributed by atoms with Crippen molar-refractivity contribution in [2.24, 2.45) is 0 Å². The van der Waals surface area contributed by atoms with E-state index in [2.05, 4.69) is 5.32 Å². The van der Waals surface area contributed by atoms with E-state index in [1.54, 1.807) is 18.2 Å². The molecule has 0 radical (unpaired) electrons. The van der Waals surface area contributed by atoms with E-state index in [-0.39, 0.29) is 5.91 Å². The molecule has 0 aromatic heterocycles. The van der Waals surface area contributed by atoms with E-state index in [4.69, 9.17) is 10.5 Å². The van der Waals surface area contributed by atoms with Gasteiger partial charge in [0.25, 0.3) is 5.91 Å². The molecule has 1 aromatic carbocycles. The number of nitrogen functional groups attached to an aromatic ring is 1. The highest BCUT2D eigenvalue weighted by Gasteiger charge is 2.28. The van der Waals surface area contributed by atoms with E-state index < -0.39 is 5.60 Å². The van der Waals surface area contributed by atoms with Crippen molar-refractivity contribution >= 4 is 11.6 Å². The molecule has 5 heteroatoms. The molecule has 1 aliphatic rings. The molecule has 1 aromatic rings. The summed E-state index contributed by atoms with van der Waals surface area (Å²) >= 11 is 0. The minimum atomic E-state index is -0.774. The Bertz CT molecular complexity index is 494. The molecule has 1 saturated carbocycles. The monoisotopic (exact) mass is 292 g/mol. The fourth-order valence-electron chi connectivity index (χ4n) is 2.76. The van der Waals surface area contributed by atoms with Crippen LogP contribution in [-0.2, 0) is 0 Å². The first-order chi connectivity index (χ1) is 10.0. The van der Waals surface area contributed by atoms with Crippen LogP contribution in [0.3, 0.4) is 0 Å². The molecular weight excluding hydrogens is 268 g/mol. The lowest BCUT2D eigenvalue weighted by atomic mass is 9.94. The summed E-state index contributed by atoms with van der Waals surface area (Å²) in [5.41, 5.74) is 5.94. The molecule has 0 atom stereocenters. The second-order valence-corrected chi connectivity index (χ2v) is 5.78. The number of nitrogens with two attached hydrogens (primary N) is 1. The van der Waals surface area contributed by atoms with Gasteiger partial charge in [-0.15, -0.1) is 0 Å². The van der Waals surface area contributed by atoms with Gasteiger partial charge in [0.1, 0.15) is 5.75 Å². The highest BCUT2D eigenvalue weighted by atomic mass is 16.5. The van der Waals surface area contributed by atoms with Crippen molar-refractivity contribution in [3.05, 3.63) is 23.8 Å². The number of nitrogens with one attached hydrogen (secondary N) is 1. The highest BCUT2D eigenvalue weighted by molar-refractivity contribution is 5.95. The fourth-order valence-corrected chi connectivity index (χ4v) is 2.76. The minimum Gasteiger partial charge on any atom is -0.495 e. The third-order valence-electron chi connectivity index (χ3n) is 4.11. The molecule has 0 unspecified atom stereocenters. The largest absolute Gasteiger partial charge is 0.495 e. The summed E-state index contributed by atoms with van der Waals surface area (Å²) in [7, 11) is 1.52. The van der Waals surface area contributed by atoms with Gasteiger partial charge in [-0.05, 0) is 31.0 Å². The number of rotatable bonds is 4. The lowest BCUT2D eigenvalue weighted by Crippen LogP contribution is -2.42. The number of carbonyl (C=O) groups excluding carboxylic acids is 1. The summed E-state index contributed by atoms with van der Waals surface area (Å²) in [5.74, 6) is 0.266. The Balaban J connectivity index is 1.98. The van der Waals surface area contributed by atoms with Crippen LogP contribution in [0, 0.1) is 0 Å². The van der Waals surface area contributed by atoms with Crippen LogP contribution in [0.25, 0.3) is 0 Å². The zero-order valence-electron chi connectivity index (χ0n) is 12.5. The zero-order valence-corrected chi connectivity index (χ0v) is 12.5. The van der Waals surface area contributed by atoms with Crippen molar-refractivity contribution in [3.63, 3.8) is 0 Å². The maximum Gasteiger partial charge on any atom is 0.251 e. The summed E-state index contributed by atoms with van der Waals surface area (Å²) in [6, 6.07) is 4.92. The summed E-state index contributed by atoms with van der Waals surface area (Å²) in [6.07, 6.45) is 5.84. The van der Waals surface area contributed by atoms with E-state index in [9.17, 15) is 9.90 Å². The quantitative estimate of drug-likeness (QED) is 0.586. The van der Waals surface area contributed by atoms with Gasteiger partial charge in [0.05, 0.1) is 18.4 Å². The average molecular weight is 292 g/mol. The van der Waals surface area contributed by atoms with Crippen molar-refractivity contribution in [2.75, 3.05) is 19.4 Å². The standard InChI is InChI=1S/C16H24N2O3/c1-21-14-10-12(6-7-13(14)17)15(19)18-11-16(20)8-4-2-3-5-9-16/h6-7,10,20H,2-5,8-9,11,17H2,1H3,(H,18,19). The Morgan fingerprint density at radius 1 is 1.33 bits per heavy atom. The molecule has 1 fully saturated rings. The number of hydrogen-bond donors (Lipinski definition) is 3. The predicted molar refractivity (Wildman–Crippen MR) is 82.4 cm³/mol. The van der Waals surface area contributed by atoms with Crippen molar-refractivity contribution in [1.29, 1.82) is 0 Å². The van der Waals surface area contributed by atoms with E-state index in [1.165, 1.54) is 7.11 Å². The van der Waals surface area contributed by atoms with Crippen LogP contribution in [0.5, 0.6) is 5.75 Å². The van der Waals surface area contributed by atoms with Crippen LogP contribution in [0.1, 0.15) is 48.9 Å². The second-order valence-electron chi connectivity index (χ2n) is 5.78. The number of amides is 1. The normalized spacial score (nSPS) is 17.8. The molecule has 5 nitrogen and oxygen atoms in total. The lowest BCUT2D eigenvalue weighted by molar-refractivity contribution is 0.0246. The highest BCUT2D eigenvalue weighted by Crippen LogP contribution is 2.26. The number of hydrogen-bond acceptors (Lipinski definition) is 4. The first kappa shape index (κ1) is 15.6.